The lowest BCUT2D eigenvalue weighted by molar-refractivity contribution is 0.0605. The van der Waals surface area contributed by atoms with Crippen molar-refractivity contribution >= 4 is 45.0 Å². The van der Waals surface area contributed by atoms with Crippen molar-refractivity contribution in [3.8, 4) is 22.8 Å². The normalized spacial score (nSPS) is 11.6. The molecule has 164 valence electrons. The highest BCUT2D eigenvalue weighted by Crippen LogP contribution is 2.32. The number of hydrogen-bond donors (Lipinski definition) is 2. The first-order chi connectivity index (χ1) is 15.4. The van der Waals surface area contributed by atoms with Crippen LogP contribution in [-0.4, -0.2) is 30.3 Å². The average Bonchev–Trinajstić information content (AvgIpc) is 3.17. The number of hydrogen-bond acceptors (Lipinski definition) is 9. The molecule has 2 N–H and O–H groups in total. The highest BCUT2D eigenvalue weighted by atomic mass is 35.5. The van der Waals surface area contributed by atoms with Crippen molar-refractivity contribution in [2.75, 3.05) is 19.6 Å². The van der Waals surface area contributed by atoms with Crippen LogP contribution >= 0.6 is 22.9 Å². The first-order valence-corrected chi connectivity index (χ1v) is 10.6. The minimum Gasteiger partial charge on any atom is -0.504 e. The molecule has 2 heterocycles. The number of phenolic OH excluding ortho intramolecular Hbond substituents is 1. The van der Waals surface area contributed by atoms with Crippen molar-refractivity contribution in [3.63, 3.8) is 0 Å². The number of anilines is 1. The molecule has 0 unspecified atom stereocenters. The lowest BCUT2D eigenvalue weighted by atomic mass is 10.1. The lowest BCUT2D eigenvalue weighted by Crippen LogP contribution is -2.07. The van der Waals surface area contributed by atoms with Crippen molar-refractivity contribution in [3.05, 3.63) is 63.4 Å². The van der Waals surface area contributed by atoms with E-state index in [0.29, 0.717) is 54.1 Å². The second-order valence-electron chi connectivity index (χ2n) is 6.67. The third-order valence-electron chi connectivity index (χ3n) is 4.61. The zero-order valence-corrected chi connectivity index (χ0v) is 18.9. The number of benzene rings is 2. The van der Waals surface area contributed by atoms with Crippen molar-refractivity contribution in [1.82, 2.24) is 4.98 Å². The number of halogens is 1. The third-order valence-corrected chi connectivity index (χ3v) is 5.89. The Hall–Kier alpha value is -3.56. The molecule has 0 amide bonds. The Kier molecular flexibility index (Phi) is 6.02. The van der Waals surface area contributed by atoms with Crippen molar-refractivity contribution in [2.24, 2.45) is 5.10 Å². The first kappa shape index (κ1) is 21.7. The van der Waals surface area contributed by atoms with Crippen molar-refractivity contribution in [1.29, 1.82) is 0 Å². The van der Waals surface area contributed by atoms with E-state index in [1.807, 2.05) is 0 Å². The standard InChI is InChI=1S/C22H18ClN3O5S/c1-11-20(21(28)30-3)32-22(24-11)26-25-15-10-18(12-4-6-16(27)19(8-12)29-2)31-17-7-5-13(23)9-14(15)17/h4-10,27H,1-3H3,(H,24,26)/b25-15+. The number of ether oxygens (including phenoxy) is 2. The summed E-state index contributed by atoms with van der Waals surface area (Å²) in [6.07, 6.45) is 0. The van der Waals surface area contributed by atoms with Gasteiger partial charge >= 0.3 is 5.97 Å². The summed E-state index contributed by atoms with van der Waals surface area (Å²) in [6.45, 7) is 1.72. The van der Waals surface area contributed by atoms with Crippen LogP contribution in [-0.2, 0) is 4.74 Å². The molecule has 0 saturated carbocycles. The van der Waals surface area contributed by atoms with E-state index >= 15 is 0 Å². The Bertz CT molecular complexity index is 1400. The molecule has 0 spiro atoms. The number of esters is 1. The fourth-order valence-corrected chi connectivity index (χ4v) is 4.04. The number of rotatable bonds is 5. The molecule has 4 rings (SSSR count). The van der Waals surface area contributed by atoms with Crippen LogP contribution in [0.4, 0.5) is 5.13 Å². The molecule has 0 aliphatic heterocycles. The van der Waals surface area contributed by atoms with Gasteiger partial charge in [-0.2, -0.15) is 5.10 Å². The van der Waals surface area contributed by atoms with E-state index in [-0.39, 0.29) is 5.75 Å². The largest absolute Gasteiger partial charge is 0.504 e. The fraction of sp³-hybridized carbons (Fsp3) is 0.136. The highest BCUT2D eigenvalue weighted by molar-refractivity contribution is 7.17. The van der Waals surface area contributed by atoms with Gasteiger partial charge in [-0.25, -0.2) is 9.78 Å². The zero-order chi connectivity index (χ0) is 22.8. The molecular weight excluding hydrogens is 454 g/mol. The smallest absolute Gasteiger partial charge is 0.350 e. The number of aromatic nitrogens is 1. The molecule has 0 saturated heterocycles. The van der Waals surface area contributed by atoms with Gasteiger partial charge in [0.25, 0.3) is 0 Å². The van der Waals surface area contributed by atoms with E-state index < -0.39 is 5.97 Å². The highest BCUT2D eigenvalue weighted by Gasteiger charge is 2.15. The Morgan fingerprint density at radius 2 is 2.03 bits per heavy atom. The molecule has 0 aliphatic rings. The van der Waals surface area contributed by atoms with Crippen molar-refractivity contribution < 1.29 is 23.8 Å². The number of carbonyl (C=O) groups is 1. The summed E-state index contributed by atoms with van der Waals surface area (Å²) >= 11 is 7.33. The van der Waals surface area contributed by atoms with Gasteiger partial charge in [-0.1, -0.05) is 22.9 Å². The molecule has 0 radical (unpaired) electrons. The van der Waals surface area contributed by atoms with E-state index in [4.69, 9.17) is 25.5 Å². The van der Waals surface area contributed by atoms with Gasteiger partial charge in [-0.3, -0.25) is 5.43 Å². The molecule has 2 aromatic carbocycles. The van der Waals surface area contributed by atoms with E-state index in [1.165, 1.54) is 20.3 Å². The van der Waals surface area contributed by atoms with E-state index in [9.17, 15) is 9.90 Å². The molecular formula is C22H18ClN3O5S. The van der Waals surface area contributed by atoms with Gasteiger partial charge in [0.05, 0.1) is 25.3 Å². The number of thiazole rings is 1. The Balaban J connectivity index is 1.82. The van der Waals surface area contributed by atoms with Crippen LogP contribution in [0.25, 0.3) is 22.3 Å². The van der Waals surface area contributed by atoms with Gasteiger partial charge in [-0.05, 0) is 43.3 Å². The second kappa shape index (κ2) is 8.89. The number of fused-ring (bicyclic) bond motifs is 1. The average molecular weight is 472 g/mol. The predicted octanol–water partition coefficient (Wildman–Crippen LogP) is 4.95. The molecule has 0 fully saturated rings. The maximum atomic E-state index is 11.8. The summed E-state index contributed by atoms with van der Waals surface area (Å²) < 4.78 is 16.0. The monoisotopic (exact) mass is 471 g/mol. The topological polar surface area (TPSA) is 106 Å². The molecule has 10 heteroatoms. The van der Waals surface area contributed by atoms with Crippen LogP contribution in [0.3, 0.4) is 0 Å². The maximum absolute atomic E-state index is 11.8. The Morgan fingerprint density at radius 3 is 2.78 bits per heavy atom. The van der Waals surface area contributed by atoms with Crippen LogP contribution in [0.15, 0.2) is 52.0 Å². The van der Waals surface area contributed by atoms with Gasteiger partial charge in [0, 0.05) is 22.0 Å². The van der Waals surface area contributed by atoms with E-state index in [0.717, 1.165) is 11.3 Å². The molecule has 4 aromatic rings. The van der Waals surface area contributed by atoms with Crippen LogP contribution in [0, 0.1) is 6.92 Å². The zero-order valence-electron chi connectivity index (χ0n) is 17.3. The summed E-state index contributed by atoms with van der Waals surface area (Å²) in [5.41, 5.74) is 4.69. The Morgan fingerprint density at radius 1 is 1.22 bits per heavy atom. The van der Waals surface area contributed by atoms with Crippen LogP contribution in [0.2, 0.25) is 5.02 Å². The number of phenols is 1. The SMILES string of the molecule is COC(=O)c1sc(N/N=c2\cc(-c3ccc(O)c(OC)c3)oc3ccc(Cl)cc23)nc1C. The molecule has 0 bridgehead atoms. The summed E-state index contributed by atoms with van der Waals surface area (Å²) in [4.78, 5) is 16.6. The minimum absolute atomic E-state index is 0.0240. The van der Waals surface area contributed by atoms with Crippen LogP contribution in [0.5, 0.6) is 11.5 Å². The quantitative estimate of drug-likeness (QED) is 0.313. The number of nitrogens with one attached hydrogen (secondary N) is 1. The predicted molar refractivity (Wildman–Crippen MR) is 122 cm³/mol. The fourth-order valence-electron chi connectivity index (χ4n) is 3.04. The molecule has 8 nitrogen and oxygen atoms in total. The number of methoxy groups -OCH3 is 2. The third kappa shape index (κ3) is 4.25. The van der Waals surface area contributed by atoms with Crippen molar-refractivity contribution in [2.45, 2.75) is 6.92 Å². The van der Waals surface area contributed by atoms with Crippen LogP contribution in [0.1, 0.15) is 15.4 Å². The van der Waals surface area contributed by atoms with Gasteiger partial charge in [0.2, 0.25) is 5.13 Å². The number of aryl methyl sites for hydroxylation is 1. The number of nitrogens with zero attached hydrogens (tertiary/aromatic N) is 2. The Labute approximate surface area is 191 Å². The van der Waals surface area contributed by atoms with Gasteiger partial charge in [0.15, 0.2) is 11.5 Å². The first-order valence-electron chi connectivity index (χ1n) is 9.36. The number of aromatic hydroxyl groups is 1. The summed E-state index contributed by atoms with van der Waals surface area (Å²) in [7, 11) is 2.80. The summed E-state index contributed by atoms with van der Waals surface area (Å²) in [5.74, 6) is 0.395. The summed E-state index contributed by atoms with van der Waals surface area (Å²) in [6, 6.07) is 11.9. The molecule has 32 heavy (non-hydrogen) atoms. The van der Waals surface area contributed by atoms with E-state index in [2.05, 4.69) is 15.5 Å². The lowest BCUT2D eigenvalue weighted by Gasteiger charge is -2.08. The van der Waals surface area contributed by atoms with E-state index in [1.54, 1.807) is 43.3 Å². The van der Waals surface area contributed by atoms with Gasteiger partial charge < -0.3 is 19.0 Å². The summed E-state index contributed by atoms with van der Waals surface area (Å²) in [5, 5.41) is 16.6. The van der Waals surface area contributed by atoms with Gasteiger partial charge in [-0.15, -0.1) is 0 Å². The molecule has 0 aliphatic carbocycles. The second-order valence-corrected chi connectivity index (χ2v) is 8.11. The van der Waals surface area contributed by atoms with Gasteiger partial charge in [0.1, 0.15) is 16.2 Å². The number of carbonyl (C=O) groups excluding carboxylic acids is 1. The molecule has 2 aromatic heterocycles. The van der Waals surface area contributed by atoms with Crippen LogP contribution < -0.4 is 15.5 Å². The molecule has 0 atom stereocenters. The minimum atomic E-state index is -0.452. The maximum Gasteiger partial charge on any atom is 0.350 e.